The Morgan fingerprint density at radius 1 is 1.47 bits per heavy atom. The summed E-state index contributed by atoms with van der Waals surface area (Å²) in [4.78, 5) is 14.0. The summed E-state index contributed by atoms with van der Waals surface area (Å²) >= 11 is 0. The largest absolute Gasteiger partial charge is 0.340 e. The number of hydrogen-bond donors (Lipinski definition) is 1. The van der Waals surface area contributed by atoms with Crippen molar-refractivity contribution in [3.63, 3.8) is 0 Å². The number of nitrogens with two attached hydrogens (primary N) is 1. The molecule has 19 heavy (non-hydrogen) atoms. The van der Waals surface area contributed by atoms with E-state index in [0.29, 0.717) is 24.7 Å². The van der Waals surface area contributed by atoms with E-state index < -0.39 is 0 Å². The molecule has 1 aromatic heterocycles. The molecule has 0 bridgehead atoms. The molecule has 0 aliphatic heterocycles. The van der Waals surface area contributed by atoms with Crippen LogP contribution >= 0.6 is 0 Å². The van der Waals surface area contributed by atoms with Gasteiger partial charge in [0.05, 0.1) is 12.7 Å². The van der Waals surface area contributed by atoms with Gasteiger partial charge in [-0.15, -0.1) is 5.10 Å². The lowest BCUT2D eigenvalue weighted by molar-refractivity contribution is 0.0754. The van der Waals surface area contributed by atoms with Gasteiger partial charge in [-0.2, -0.15) is 0 Å². The lowest BCUT2D eigenvalue weighted by atomic mass is 9.89. The lowest BCUT2D eigenvalue weighted by Gasteiger charge is -2.26. The van der Waals surface area contributed by atoms with E-state index in [1.54, 1.807) is 15.8 Å². The summed E-state index contributed by atoms with van der Waals surface area (Å²) in [5.74, 6) is 0.593. The third-order valence-electron chi connectivity index (χ3n) is 3.72. The van der Waals surface area contributed by atoms with Crippen molar-refractivity contribution in [2.45, 2.75) is 38.6 Å². The Morgan fingerprint density at radius 3 is 2.89 bits per heavy atom. The van der Waals surface area contributed by atoms with Crippen LogP contribution in [0.2, 0.25) is 0 Å². The molecule has 0 radical (unpaired) electrons. The molecule has 6 nitrogen and oxygen atoms in total. The maximum atomic E-state index is 12.2. The summed E-state index contributed by atoms with van der Waals surface area (Å²) in [7, 11) is 1.85. The maximum Gasteiger partial charge on any atom is 0.275 e. The van der Waals surface area contributed by atoms with Crippen LogP contribution in [-0.2, 0) is 6.54 Å². The summed E-state index contributed by atoms with van der Waals surface area (Å²) in [5.41, 5.74) is 5.85. The van der Waals surface area contributed by atoms with Gasteiger partial charge in [0.1, 0.15) is 0 Å². The smallest absolute Gasteiger partial charge is 0.275 e. The average molecular weight is 265 g/mol. The number of nitrogens with zero attached hydrogens (tertiary/aromatic N) is 4. The molecular weight excluding hydrogens is 242 g/mol. The van der Waals surface area contributed by atoms with Gasteiger partial charge < -0.3 is 10.6 Å². The predicted molar refractivity (Wildman–Crippen MR) is 72.6 cm³/mol. The molecule has 0 spiro atoms. The highest BCUT2D eigenvalue weighted by Gasteiger charge is 2.20. The molecule has 1 saturated carbocycles. The fourth-order valence-electron chi connectivity index (χ4n) is 2.67. The van der Waals surface area contributed by atoms with Crippen molar-refractivity contribution in [1.29, 1.82) is 0 Å². The van der Waals surface area contributed by atoms with Crippen LogP contribution in [-0.4, -0.2) is 45.9 Å². The van der Waals surface area contributed by atoms with Crippen molar-refractivity contribution in [2.75, 3.05) is 20.1 Å². The minimum absolute atomic E-state index is 0.0474. The van der Waals surface area contributed by atoms with Gasteiger partial charge in [0.15, 0.2) is 5.69 Å². The highest BCUT2D eigenvalue weighted by atomic mass is 16.2. The van der Waals surface area contributed by atoms with Crippen LogP contribution < -0.4 is 5.73 Å². The Labute approximate surface area is 113 Å². The first-order chi connectivity index (χ1) is 9.20. The van der Waals surface area contributed by atoms with E-state index in [4.69, 9.17) is 5.73 Å². The molecule has 1 aliphatic rings. The maximum absolute atomic E-state index is 12.2. The first-order valence-corrected chi connectivity index (χ1v) is 7.06. The number of hydrogen-bond acceptors (Lipinski definition) is 4. The van der Waals surface area contributed by atoms with Gasteiger partial charge in [0, 0.05) is 20.1 Å². The average Bonchev–Trinajstić information content (AvgIpc) is 2.88. The van der Waals surface area contributed by atoms with Crippen LogP contribution in [0.1, 0.15) is 42.6 Å². The van der Waals surface area contributed by atoms with E-state index in [9.17, 15) is 4.79 Å². The van der Waals surface area contributed by atoms with Crippen molar-refractivity contribution in [3.05, 3.63) is 11.9 Å². The van der Waals surface area contributed by atoms with E-state index in [-0.39, 0.29) is 5.91 Å². The van der Waals surface area contributed by atoms with Crippen LogP contribution in [0.3, 0.4) is 0 Å². The van der Waals surface area contributed by atoms with Gasteiger partial charge in [-0.25, -0.2) is 0 Å². The minimum atomic E-state index is -0.0474. The van der Waals surface area contributed by atoms with Crippen molar-refractivity contribution in [2.24, 2.45) is 11.7 Å². The Balaban J connectivity index is 1.89. The van der Waals surface area contributed by atoms with Crippen LogP contribution in [0.25, 0.3) is 0 Å². The number of amides is 1. The minimum Gasteiger partial charge on any atom is -0.340 e. The standard InChI is InChI=1S/C13H23N5O/c1-17(9-11-5-3-2-4-6-11)13(19)12-10-18(8-7-14)16-15-12/h10-11H,2-9,14H2,1H3. The molecule has 1 aliphatic carbocycles. The monoisotopic (exact) mass is 265 g/mol. The Kier molecular flexibility index (Phi) is 4.90. The third kappa shape index (κ3) is 3.76. The zero-order valence-electron chi connectivity index (χ0n) is 11.6. The van der Waals surface area contributed by atoms with Crippen LogP contribution in [0, 0.1) is 5.92 Å². The van der Waals surface area contributed by atoms with E-state index >= 15 is 0 Å². The second kappa shape index (κ2) is 6.65. The summed E-state index contributed by atoms with van der Waals surface area (Å²) < 4.78 is 1.61. The van der Waals surface area contributed by atoms with E-state index in [0.717, 1.165) is 6.54 Å². The molecule has 1 fully saturated rings. The highest BCUT2D eigenvalue weighted by molar-refractivity contribution is 5.91. The topological polar surface area (TPSA) is 77.0 Å². The van der Waals surface area contributed by atoms with Crippen LogP contribution in [0.15, 0.2) is 6.20 Å². The van der Waals surface area contributed by atoms with Crippen LogP contribution in [0.5, 0.6) is 0 Å². The molecule has 6 heteroatoms. The van der Waals surface area contributed by atoms with Gasteiger partial charge in [0.25, 0.3) is 5.91 Å². The second-order valence-electron chi connectivity index (χ2n) is 5.35. The number of rotatable bonds is 5. The van der Waals surface area contributed by atoms with E-state index in [1.807, 2.05) is 7.05 Å². The molecule has 106 valence electrons. The Hall–Kier alpha value is -1.43. The number of aromatic nitrogens is 3. The molecule has 2 N–H and O–H groups in total. The third-order valence-corrected chi connectivity index (χ3v) is 3.72. The van der Waals surface area contributed by atoms with Crippen molar-refractivity contribution >= 4 is 5.91 Å². The van der Waals surface area contributed by atoms with Crippen molar-refractivity contribution in [3.8, 4) is 0 Å². The number of carbonyl (C=O) groups excluding carboxylic acids is 1. The van der Waals surface area contributed by atoms with Gasteiger partial charge in [-0.05, 0) is 18.8 Å². The zero-order valence-corrected chi connectivity index (χ0v) is 11.6. The van der Waals surface area contributed by atoms with E-state index in [1.165, 1.54) is 32.1 Å². The molecule has 0 saturated heterocycles. The quantitative estimate of drug-likeness (QED) is 0.857. The molecule has 1 amide bonds. The molecule has 0 unspecified atom stereocenters. The van der Waals surface area contributed by atoms with E-state index in [2.05, 4.69) is 10.3 Å². The molecule has 1 aromatic rings. The second-order valence-corrected chi connectivity index (χ2v) is 5.35. The lowest BCUT2D eigenvalue weighted by Crippen LogP contribution is -2.32. The molecular formula is C13H23N5O. The Bertz CT molecular complexity index is 411. The highest BCUT2D eigenvalue weighted by Crippen LogP contribution is 2.24. The normalized spacial score (nSPS) is 16.5. The predicted octanol–water partition coefficient (Wildman–Crippen LogP) is 0.889. The molecule has 1 heterocycles. The summed E-state index contributed by atoms with van der Waals surface area (Å²) in [6.45, 7) is 1.91. The SMILES string of the molecule is CN(CC1CCCCC1)C(=O)c1cn(CCN)nn1. The fourth-order valence-corrected chi connectivity index (χ4v) is 2.67. The number of carbonyl (C=O) groups is 1. The Morgan fingerprint density at radius 2 is 2.21 bits per heavy atom. The van der Waals surface area contributed by atoms with Crippen LogP contribution in [0.4, 0.5) is 0 Å². The summed E-state index contributed by atoms with van der Waals surface area (Å²) in [6.07, 6.45) is 8.06. The molecule has 2 rings (SSSR count). The molecule has 0 atom stereocenters. The zero-order chi connectivity index (χ0) is 13.7. The summed E-state index contributed by atoms with van der Waals surface area (Å²) in [5, 5.41) is 7.81. The van der Waals surface area contributed by atoms with Gasteiger partial charge >= 0.3 is 0 Å². The van der Waals surface area contributed by atoms with Gasteiger partial charge in [0.2, 0.25) is 0 Å². The summed E-state index contributed by atoms with van der Waals surface area (Å²) in [6, 6.07) is 0. The van der Waals surface area contributed by atoms with Gasteiger partial charge in [-0.1, -0.05) is 24.5 Å². The van der Waals surface area contributed by atoms with Gasteiger partial charge in [-0.3, -0.25) is 9.48 Å². The van der Waals surface area contributed by atoms with Crippen molar-refractivity contribution in [1.82, 2.24) is 19.9 Å². The molecule has 0 aromatic carbocycles. The van der Waals surface area contributed by atoms with Crippen molar-refractivity contribution < 1.29 is 4.79 Å². The first-order valence-electron chi connectivity index (χ1n) is 7.06. The first kappa shape index (κ1) is 14.0. The fraction of sp³-hybridized carbons (Fsp3) is 0.769.